The number of aromatic amines is 1. The van der Waals surface area contributed by atoms with Crippen LogP contribution in [0.5, 0.6) is 5.88 Å². The number of aromatic nitrogens is 1. The summed E-state index contributed by atoms with van der Waals surface area (Å²) in [5, 5.41) is 1.26. The average molecular weight is 252 g/mol. The highest BCUT2D eigenvalue weighted by atomic mass is 35.5. The lowest BCUT2D eigenvalue weighted by atomic mass is 10.1. The second-order valence-electron chi connectivity index (χ2n) is 4.26. The molecule has 0 aliphatic heterocycles. The molecule has 17 heavy (non-hydrogen) atoms. The number of hydrogen-bond donors (Lipinski definition) is 1. The molecule has 4 heteroatoms. The Morgan fingerprint density at radius 1 is 1.35 bits per heavy atom. The monoisotopic (exact) mass is 251 g/mol. The number of aryl methyl sites for hydroxylation is 1. The van der Waals surface area contributed by atoms with Crippen LogP contribution in [0.4, 0.5) is 0 Å². The number of nitrogens with one attached hydrogen (secondary N) is 1. The second-order valence-corrected chi connectivity index (χ2v) is 4.67. The summed E-state index contributed by atoms with van der Waals surface area (Å²) in [5.41, 5.74) is 1.53. The molecule has 0 saturated heterocycles. The van der Waals surface area contributed by atoms with Crippen molar-refractivity contribution in [3.63, 3.8) is 0 Å². The molecule has 0 saturated carbocycles. The van der Waals surface area contributed by atoms with E-state index in [-0.39, 0.29) is 11.5 Å². The van der Waals surface area contributed by atoms with Crippen LogP contribution >= 0.6 is 11.6 Å². The predicted molar refractivity (Wildman–Crippen MR) is 70.1 cm³/mol. The first-order valence-corrected chi connectivity index (χ1v) is 5.85. The zero-order valence-electron chi connectivity index (χ0n) is 10.0. The summed E-state index contributed by atoms with van der Waals surface area (Å²) < 4.78 is 5.50. The van der Waals surface area contributed by atoms with Crippen molar-refractivity contribution in [1.29, 1.82) is 0 Å². The molecule has 90 valence electrons. The lowest BCUT2D eigenvalue weighted by Crippen LogP contribution is -2.11. The molecule has 0 bridgehead atoms. The molecule has 1 N–H and O–H groups in total. The molecule has 1 aromatic carbocycles. The van der Waals surface area contributed by atoms with Crippen LogP contribution in [-0.4, -0.2) is 11.1 Å². The van der Waals surface area contributed by atoms with Crippen molar-refractivity contribution in [1.82, 2.24) is 4.98 Å². The lowest BCUT2D eigenvalue weighted by Gasteiger charge is -2.11. The zero-order chi connectivity index (χ0) is 12.6. The highest BCUT2D eigenvalue weighted by Crippen LogP contribution is 2.23. The minimum absolute atomic E-state index is 0.0163. The van der Waals surface area contributed by atoms with Gasteiger partial charge in [-0.3, -0.25) is 4.79 Å². The Bertz CT molecular complexity index is 617. The molecule has 0 atom stereocenters. The van der Waals surface area contributed by atoms with Gasteiger partial charge in [-0.05, 0) is 38.5 Å². The Hall–Kier alpha value is -1.48. The van der Waals surface area contributed by atoms with Crippen molar-refractivity contribution in [3.8, 4) is 5.88 Å². The first kappa shape index (κ1) is 12.0. The number of halogens is 1. The zero-order valence-corrected chi connectivity index (χ0v) is 10.8. The number of rotatable bonds is 2. The van der Waals surface area contributed by atoms with Crippen molar-refractivity contribution in [2.75, 3.05) is 0 Å². The Morgan fingerprint density at radius 3 is 2.71 bits per heavy atom. The van der Waals surface area contributed by atoms with E-state index in [2.05, 4.69) is 4.98 Å². The van der Waals surface area contributed by atoms with E-state index in [1.165, 1.54) is 6.07 Å². The number of ether oxygens (including phenoxy) is 1. The van der Waals surface area contributed by atoms with Gasteiger partial charge in [0.25, 0.3) is 0 Å². The van der Waals surface area contributed by atoms with E-state index in [0.717, 1.165) is 11.1 Å². The Kier molecular flexibility index (Phi) is 3.11. The van der Waals surface area contributed by atoms with Crippen molar-refractivity contribution < 1.29 is 4.74 Å². The van der Waals surface area contributed by atoms with Crippen LogP contribution in [0, 0.1) is 6.92 Å². The number of hydrogen-bond acceptors (Lipinski definition) is 2. The summed E-state index contributed by atoms with van der Waals surface area (Å²) in [6, 6.07) is 4.93. The number of H-pyrrole nitrogens is 1. The predicted octanol–water partition coefficient (Wildman–Crippen LogP) is 3.28. The molecular weight excluding hydrogens is 238 g/mol. The molecule has 0 aliphatic rings. The molecule has 1 heterocycles. The van der Waals surface area contributed by atoms with Gasteiger partial charge in [-0.2, -0.15) is 0 Å². The largest absolute Gasteiger partial charge is 0.476 e. The third kappa shape index (κ3) is 2.29. The maximum Gasteiger partial charge on any atom is 0.195 e. The first-order valence-electron chi connectivity index (χ1n) is 5.48. The molecule has 1 aromatic heterocycles. The maximum absolute atomic E-state index is 11.9. The summed E-state index contributed by atoms with van der Waals surface area (Å²) in [4.78, 5) is 15.0. The van der Waals surface area contributed by atoms with Crippen LogP contribution in [0.15, 0.2) is 23.0 Å². The fourth-order valence-corrected chi connectivity index (χ4v) is 1.88. The molecular formula is C13H14ClNO2. The van der Waals surface area contributed by atoms with E-state index >= 15 is 0 Å². The van der Waals surface area contributed by atoms with Crippen LogP contribution in [0.2, 0.25) is 5.02 Å². The average Bonchev–Trinajstić information content (AvgIpc) is 2.23. The third-order valence-electron chi connectivity index (χ3n) is 2.54. The van der Waals surface area contributed by atoms with Crippen LogP contribution in [0.1, 0.15) is 19.4 Å². The van der Waals surface area contributed by atoms with Crippen LogP contribution in [0.3, 0.4) is 0 Å². The van der Waals surface area contributed by atoms with Gasteiger partial charge in [0.05, 0.1) is 11.6 Å². The lowest BCUT2D eigenvalue weighted by molar-refractivity contribution is 0.233. The molecule has 0 fully saturated rings. The second kappa shape index (κ2) is 4.41. The fourth-order valence-electron chi connectivity index (χ4n) is 1.73. The van der Waals surface area contributed by atoms with Gasteiger partial charge in [0, 0.05) is 16.5 Å². The Morgan fingerprint density at radius 2 is 2.06 bits per heavy atom. The number of benzene rings is 1. The van der Waals surface area contributed by atoms with Gasteiger partial charge in [0.15, 0.2) is 11.3 Å². The van der Waals surface area contributed by atoms with Gasteiger partial charge in [0.1, 0.15) is 0 Å². The van der Waals surface area contributed by atoms with Crippen molar-refractivity contribution in [3.05, 3.63) is 39.0 Å². The molecule has 0 unspecified atom stereocenters. The minimum atomic E-state index is -0.0610. The van der Waals surface area contributed by atoms with E-state index in [1.54, 1.807) is 12.1 Å². The van der Waals surface area contributed by atoms with Gasteiger partial charge in [0.2, 0.25) is 0 Å². The third-order valence-corrected chi connectivity index (χ3v) is 2.95. The van der Waals surface area contributed by atoms with E-state index in [0.29, 0.717) is 16.3 Å². The first-order chi connectivity index (χ1) is 7.99. The Labute approximate surface area is 104 Å². The molecule has 0 amide bonds. The molecule has 2 aromatic rings. The summed E-state index contributed by atoms with van der Waals surface area (Å²) >= 11 is 6.04. The Balaban J connectivity index is 2.70. The van der Waals surface area contributed by atoms with Gasteiger partial charge < -0.3 is 9.72 Å². The highest BCUT2D eigenvalue weighted by Gasteiger charge is 2.08. The number of fused-ring (bicyclic) bond motifs is 1. The maximum atomic E-state index is 11.9. The normalized spacial score (nSPS) is 11.1. The van der Waals surface area contributed by atoms with Crippen LogP contribution in [-0.2, 0) is 0 Å². The topological polar surface area (TPSA) is 42.1 Å². The standard InChI is InChI=1S/C13H14ClNO2/c1-7(2)17-12-6-11(16)9-4-5-10(14)8(3)13(9)15-12/h4-7H,1-3H3,(H,15,16). The molecule has 0 aliphatic carbocycles. The van der Waals surface area contributed by atoms with Gasteiger partial charge in [-0.1, -0.05) is 11.6 Å². The summed E-state index contributed by atoms with van der Waals surface area (Å²) in [5.74, 6) is 0.475. The van der Waals surface area contributed by atoms with Gasteiger partial charge in [-0.25, -0.2) is 0 Å². The minimum Gasteiger partial charge on any atom is -0.476 e. The van der Waals surface area contributed by atoms with Gasteiger partial charge >= 0.3 is 0 Å². The molecule has 2 rings (SSSR count). The fraction of sp³-hybridized carbons (Fsp3) is 0.308. The smallest absolute Gasteiger partial charge is 0.195 e. The molecule has 0 radical (unpaired) electrons. The van der Waals surface area contributed by atoms with E-state index in [9.17, 15) is 4.79 Å². The SMILES string of the molecule is Cc1c(Cl)ccc2c(=O)cc(OC(C)C)[nH]c12. The number of pyridine rings is 1. The summed E-state index contributed by atoms with van der Waals surface area (Å²) in [6.07, 6.45) is 0.0163. The van der Waals surface area contributed by atoms with Gasteiger partial charge in [-0.15, -0.1) is 0 Å². The van der Waals surface area contributed by atoms with Crippen molar-refractivity contribution in [2.24, 2.45) is 0 Å². The van der Waals surface area contributed by atoms with Crippen molar-refractivity contribution >= 4 is 22.5 Å². The summed E-state index contributed by atoms with van der Waals surface area (Å²) in [6.45, 7) is 5.69. The van der Waals surface area contributed by atoms with Crippen LogP contribution < -0.4 is 10.2 Å². The molecule has 0 spiro atoms. The quantitative estimate of drug-likeness (QED) is 0.890. The van der Waals surface area contributed by atoms with E-state index in [4.69, 9.17) is 16.3 Å². The van der Waals surface area contributed by atoms with E-state index in [1.807, 2.05) is 20.8 Å². The van der Waals surface area contributed by atoms with Crippen molar-refractivity contribution in [2.45, 2.75) is 26.9 Å². The summed E-state index contributed by atoms with van der Waals surface area (Å²) in [7, 11) is 0. The highest BCUT2D eigenvalue weighted by molar-refractivity contribution is 6.32. The van der Waals surface area contributed by atoms with E-state index < -0.39 is 0 Å². The molecule has 3 nitrogen and oxygen atoms in total. The van der Waals surface area contributed by atoms with Crippen LogP contribution in [0.25, 0.3) is 10.9 Å².